The van der Waals surface area contributed by atoms with Gasteiger partial charge in [-0.15, -0.1) is 0 Å². The Kier molecular flexibility index (Phi) is 22.6. The maximum Gasteiger partial charge on any atom is 0.410 e. The summed E-state index contributed by atoms with van der Waals surface area (Å²) in [5.74, 6) is -3.09. The molecule has 1 aromatic rings. The van der Waals surface area contributed by atoms with Crippen LogP contribution in [-0.2, 0) is 54.3 Å². The second kappa shape index (κ2) is 26.7. The number of likely N-dealkylation sites (N-methyl/N-ethyl adjacent to an activating group) is 1. The van der Waals surface area contributed by atoms with Crippen LogP contribution in [0.3, 0.4) is 0 Å². The van der Waals surface area contributed by atoms with E-state index in [0.717, 1.165) is 4.90 Å². The number of nitrogens with zero attached hydrogens (tertiary/aromatic N) is 2. The molecule has 0 spiro atoms. The molecule has 0 saturated carbocycles. The van der Waals surface area contributed by atoms with E-state index in [9.17, 15) is 38.4 Å². The van der Waals surface area contributed by atoms with Gasteiger partial charge in [0, 0.05) is 56.6 Å². The van der Waals surface area contributed by atoms with Crippen molar-refractivity contribution >= 4 is 53.0 Å². The summed E-state index contributed by atoms with van der Waals surface area (Å²) in [4.78, 5) is 102. The SMILES string of the molecule is CCC(=O)[C@H](C(C)C)N(C)C(=O)OCc1ccc(NC(=O)[C@H](CCCNC(N)=O)CC(=O)[C@@H](NC(=O)CCOCCOCCOCCN2C(=O)C=CC2=O)C(C)C)cc1. The number of ketones is 2. The molecule has 18 nitrogen and oxygen atoms in total. The normalized spacial score (nSPS) is 13.9. The zero-order valence-corrected chi connectivity index (χ0v) is 35.1. The van der Waals surface area contributed by atoms with Crippen molar-refractivity contribution in [2.75, 3.05) is 65.1 Å². The summed E-state index contributed by atoms with van der Waals surface area (Å²) >= 11 is 0. The average Bonchev–Trinajstić information content (AvgIpc) is 3.51. The molecule has 59 heavy (non-hydrogen) atoms. The van der Waals surface area contributed by atoms with Gasteiger partial charge in [0.25, 0.3) is 11.8 Å². The number of imide groups is 1. The highest BCUT2D eigenvalue weighted by Crippen LogP contribution is 2.20. The molecule has 1 aliphatic rings. The van der Waals surface area contributed by atoms with E-state index < -0.39 is 41.9 Å². The molecule has 2 rings (SSSR count). The molecule has 1 aliphatic heterocycles. The van der Waals surface area contributed by atoms with Crippen LogP contribution in [0.15, 0.2) is 36.4 Å². The van der Waals surface area contributed by atoms with E-state index in [0.29, 0.717) is 24.1 Å². The van der Waals surface area contributed by atoms with Crippen molar-refractivity contribution in [2.24, 2.45) is 23.5 Å². The summed E-state index contributed by atoms with van der Waals surface area (Å²) in [7, 11) is 1.54. The van der Waals surface area contributed by atoms with Crippen molar-refractivity contribution in [1.82, 2.24) is 20.4 Å². The highest BCUT2D eigenvalue weighted by Gasteiger charge is 2.31. The molecule has 0 aliphatic carbocycles. The molecule has 5 N–H and O–H groups in total. The van der Waals surface area contributed by atoms with Crippen LogP contribution in [0.25, 0.3) is 0 Å². The predicted octanol–water partition coefficient (Wildman–Crippen LogP) is 2.73. The van der Waals surface area contributed by atoms with E-state index in [1.807, 2.05) is 13.8 Å². The lowest BCUT2D eigenvalue weighted by molar-refractivity contribution is -0.137. The van der Waals surface area contributed by atoms with Gasteiger partial charge in [-0.05, 0) is 42.4 Å². The van der Waals surface area contributed by atoms with Crippen molar-refractivity contribution in [3.63, 3.8) is 0 Å². The van der Waals surface area contributed by atoms with E-state index >= 15 is 0 Å². The number of carbonyl (C=O) groups is 8. The van der Waals surface area contributed by atoms with Crippen LogP contribution >= 0.6 is 0 Å². The molecule has 1 aromatic carbocycles. The zero-order valence-electron chi connectivity index (χ0n) is 35.1. The van der Waals surface area contributed by atoms with Gasteiger partial charge in [-0.2, -0.15) is 0 Å². The highest BCUT2D eigenvalue weighted by atomic mass is 16.6. The summed E-state index contributed by atoms with van der Waals surface area (Å²) in [5.41, 5.74) is 6.27. The molecule has 0 saturated heterocycles. The number of primary amides is 1. The number of rotatable bonds is 29. The van der Waals surface area contributed by atoms with Gasteiger partial charge < -0.3 is 45.5 Å². The monoisotopic (exact) mass is 830 g/mol. The third-order valence-electron chi connectivity index (χ3n) is 9.35. The van der Waals surface area contributed by atoms with Crippen LogP contribution in [0.5, 0.6) is 0 Å². The van der Waals surface area contributed by atoms with Gasteiger partial charge in [-0.1, -0.05) is 46.8 Å². The second-order valence-corrected chi connectivity index (χ2v) is 14.7. The lowest BCUT2D eigenvalue weighted by atomic mass is 9.89. The first-order valence-corrected chi connectivity index (χ1v) is 20.0. The van der Waals surface area contributed by atoms with Crippen LogP contribution in [0.4, 0.5) is 15.3 Å². The van der Waals surface area contributed by atoms with E-state index in [4.69, 9.17) is 24.7 Å². The Bertz CT molecular complexity index is 1580. The Morgan fingerprint density at radius 3 is 1.97 bits per heavy atom. The summed E-state index contributed by atoms with van der Waals surface area (Å²) in [6, 6.07) is 4.48. The fourth-order valence-corrected chi connectivity index (χ4v) is 6.17. The number of benzene rings is 1. The minimum absolute atomic E-state index is 0.00595. The Morgan fingerprint density at radius 1 is 0.814 bits per heavy atom. The third kappa shape index (κ3) is 18.5. The number of Topliss-reactive ketones (excluding diaryl/α,β-unsaturated/α-hetero) is 2. The molecule has 0 radical (unpaired) electrons. The van der Waals surface area contributed by atoms with Gasteiger partial charge in [0.2, 0.25) is 11.8 Å². The number of ether oxygens (including phenoxy) is 4. The van der Waals surface area contributed by atoms with E-state index in [1.54, 1.807) is 45.0 Å². The van der Waals surface area contributed by atoms with Gasteiger partial charge in [0.15, 0.2) is 11.6 Å². The van der Waals surface area contributed by atoms with Crippen molar-refractivity contribution < 1.29 is 57.3 Å². The molecule has 0 aromatic heterocycles. The minimum atomic E-state index is -0.861. The number of hydrogen-bond acceptors (Lipinski definition) is 12. The predicted molar refractivity (Wildman–Crippen MR) is 217 cm³/mol. The molecule has 0 fully saturated rings. The van der Waals surface area contributed by atoms with Gasteiger partial charge in [-0.3, -0.25) is 33.7 Å². The van der Waals surface area contributed by atoms with Gasteiger partial charge >= 0.3 is 12.1 Å². The Morgan fingerprint density at radius 2 is 1.41 bits per heavy atom. The van der Waals surface area contributed by atoms with Crippen molar-refractivity contribution in [1.29, 1.82) is 0 Å². The van der Waals surface area contributed by atoms with E-state index in [2.05, 4.69) is 16.0 Å². The Labute approximate surface area is 346 Å². The quantitative estimate of drug-likeness (QED) is 0.0673. The summed E-state index contributed by atoms with van der Waals surface area (Å²) in [5, 5.41) is 8.09. The van der Waals surface area contributed by atoms with Gasteiger partial charge in [0.05, 0.1) is 58.3 Å². The average molecular weight is 831 g/mol. The summed E-state index contributed by atoms with van der Waals surface area (Å²) < 4.78 is 21.7. The fourth-order valence-electron chi connectivity index (χ4n) is 6.17. The molecule has 18 heteroatoms. The maximum absolute atomic E-state index is 13.6. The molecular weight excluding hydrogens is 768 g/mol. The first kappa shape index (κ1) is 49.9. The molecule has 0 unspecified atom stereocenters. The number of nitrogens with two attached hydrogens (primary N) is 1. The first-order chi connectivity index (χ1) is 28.0. The number of hydrogen-bond donors (Lipinski definition) is 4. The minimum Gasteiger partial charge on any atom is -0.445 e. The number of anilines is 1. The van der Waals surface area contributed by atoms with Crippen molar-refractivity contribution in [2.45, 2.75) is 85.4 Å². The van der Waals surface area contributed by atoms with Crippen LogP contribution in [0.1, 0.15) is 72.3 Å². The standard InChI is InChI=1S/C41H62N6O12/c1-7-32(48)38(28(4)5)46(6)41(55)59-26-29-10-12-31(13-11-29)44-39(53)30(9-8-17-43-40(42)54)25-33(49)37(27(2)3)45-34(50)16-19-56-21-23-58-24-22-57-20-18-47-35(51)14-15-36(47)52/h10-15,27-28,30,37-38H,7-9,16-26H2,1-6H3,(H,44,53)(H,45,50)(H3,42,43,54)/t30-,37+,38+/m1/s1. The fraction of sp³-hybridized carbons (Fsp3) is 0.610. The van der Waals surface area contributed by atoms with Crippen molar-refractivity contribution in [3.05, 3.63) is 42.0 Å². The second-order valence-electron chi connectivity index (χ2n) is 14.7. The number of amides is 7. The van der Waals surface area contributed by atoms with E-state index in [1.165, 1.54) is 24.1 Å². The smallest absolute Gasteiger partial charge is 0.410 e. The first-order valence-electron chi connectivity index (χ1n) is 20.0. The number of nitrogens with one attached hydrogen (secondary N) is 3. The van der Waals surface area contributed by atoms with Crippen LogP contribution in [0, 0.1) is 17.8 Å². The lowest BCUT2D eigenvalue weighted by Gasteiger charge is -2.29. The van der Waals surface area contributed by atoms with Gasteiger partial charge in [0.1, 0.15) is 6.61 Å². The number of urea groups is 1. The van der Waals surface area contributed by atoms with Crippen LogP contribution in [0.2, 0.25) is 0 Å². The van der Waals surface area contributed by atoms with Crippen LogP contribution < -0.4 is 21.7 Å². The molecule has 1 heterocycles. The Balaban J connectivity index is 1.84. The zero-order chi connectivity index (χ0) is 43.9. The third-order valence-corrected chi connectivity index (χ3v) is 9.35. The Hall–Kier alpha value is -5.20. The molecule has 7 amide bonds. The number of carbonyl (C=O) groups excluding carboxylic acids is 8. The van der Waals surface area contributed by atoms with Crippen LogP contribution in [-0.4, -0.2) is 129 Å². The molecule has 3 atom stereocenters. The molecule has 0 bridgehead atoms. The van der Waals surface area contributed by atoms with Gasteiger partial charge in [-0.25, -0.2) is 9.59 Å². The topological polar surface area (TPSA) is 242 Å². The lowest BCUT2D eigenvalue weighted by Crippen LogP contribution is -2.45. The summed E-state index contributed by atoms with van der Waals surface area (Å²) in [6.07, 6.45) is 2.53. The van der Waals surface area contributed by atoms with E-state index in [-0.39, 0.29) is 114 Å². The molecule has 328 valence electrons. The molecular formula is C41H62N6O12. The van der Waals surface area contributed by atoms with Crippen molar-refractivity contribution in [3.8, 4) is 0 Å². The maximum atomic E-state index is 13.6. The highest BCUT2D eigenvalue weighted by molar-refractivity contribution is 6.12. The largest absolute Gasteiger partial charge is 0.445 e. The summed E-state index contributed by atoms with van der Waals surface area (Å²) in [6.45, 7) is 10.7.